The molecule has 0 aromatic carbocycles. The first-order valence-electron chi connectivity index (χ1n) is 3.44. The number of hydrogen-bond donors (Lipinski definition) is 0. The predicted octanol–water partition coefficient (Wildman–Crippen LogP) is 0.525. The largest absolute Gasteiger partial charge is 0.469 e. The molecular formula is C6H16O3Si2. The first-order valence-corrected chi connectivity index (χ1v) is 8.80. The summed E-state index contributed by atoms with van der Waals surface area (Å²) >= 11 is 0. The Morgan fingerprint density at radius 1 is 1.18 bits per heavy atom. The van der Waals surface area contributed by atoms with Crippen molar-refractivity contribution in [1.82, 2.24) is 0 Å². The fraction of sp³-hybridized carbons (Fsp3) is 0.667. The Bertz CT molecular complexity index is 117. The number of rotatable bonds is 5. The van der Waals surface area contributed by atoms with Crippen molar-refractivity contribution in [3.63, 3.8) is 0 Å². The van der Waals surface area contributed by atoms with Crippen molar-refractivity contribution in [2.45, 2.75) is 6.55 Å². The summed E-state index contributed by atoms with van der Waals surface area (Å²) in [5.74, 6) is 0. The summed E-state index contributed by atoms with van der Waals surface area (Å²) < 4.78 is 15.8. The van der Waals surface area contributed by atoms with Crippen LogP contribution in [0.2, 0.25) is 6.55 Å². The molecule has 0 aliphatic heterocycles. The molecule has 0 spiro atoms. The van der Waals surface area contributed by atoms with Crippen molar-refractivity contribution in [2.75, 3.05) is 21.3 Å². The highest BCUT2D eigenvalue weighted by molar-refractivity contribution is 7.26. The minimum atomic E-state index is -2.30. The van der Waals surface area contributed by atoms with Crippen LogP contribution in [0.5, 0.6) is 0 Å². The smallest absolute Gasteiger partial charge is 0.380 e. The zero-order valence-electron chi connectivity index (χ0n) is 7.59. The van der Waals surface area contributed by atoms with Gasteiger partial charge in [0, 0.05) is 21.3 Å². The van der Waals surface area contributed by atoms with E-state index < -0.39 is 16.6 Å². The van der Waals surface area contributed by atoms with Crippen LogP contribution in [0.15, 0.2) is 12.3 Å². The maximum Gasteiger partial charge on any atom is 0.469 e. The molecule has 0 aromatic heterocycles. The summed E-state index contributed by atoms with van der Waals surface area (Å²) in [6, 6.07) is 0. The highest BCUT2D eigenvalue weighted by atomic mass is 29.3. The third kappa shape index (κ3) is 2.24. The van der Waals surface area contributed by atoms with Gasteiger partial charge in [-0.2, -0.15) is 0 Å². The molecule has 0 amide bonds. The average Bonchev–Trinajstić information content (AvgIpc) is 2.08. The Labute approximate surface area is 70.7 Å². The third-order valence-electron chi connectivity index (χ3n) is 1.76. The molecule has 66 valence electrons. The van der Waals surface area contributed by atoms with Gasteiger partial charge in [-0.05, 0) is 0 Å². The molecule has 0 aliphatic rings. The van der Waals surface area contributed by atoms with E-state index in [2.05, 4.69) is 13.1 Å². The maximum atomic E-state index is 5.27. The molecule has 1 atom stereocenters. The average molecular weight is 192 g/mol. The molecule has 0 radical (unpaired) electrons. The van der Waals surface area contributed by atoms with Gasteiger partial charge in [0.15, 0.2) is 8.31 Å². The summed E-state index contributed by atoms with van der Waals surface area (Å²) in [5.41, 5.74) is 1.92. The van der Waals surface area contributed by atoms with Crippen molar-refractivity contribution in [1.29, 1.82) is 0 Å². The van der Waals surface area contributed by atoms with E-state index in [4.69, 9.17) is 13.3 Å². The van der Waals surface area contributed by atoms with Crippen LogP contribution in [0.3, 0.4) is 0 Å². The molecule has 0 fully saturated rings. The van der Waals surface area contributed by atoms with E-state index in [0.29, 0.717) is 0 Å². The highest BCUT2D eigenvalue weighted by Gasteiger charge is 2.43. The minimum Gasteiger partial charge on any atom is -0.380 e. The summed E-state index contributed by atoms with van der Waals surface area (Å²) in [7, 11) is 1.40. The van der Waals surface area contributed by atoms with Crippen LogP contribution in [-0.4, -0.2) is 38.0 Å². The van der Waals surface area contributed by atoms with Crippen LogP contribution < -0.4 is 0 Å². The van der Waals surface area contributed by atoms with Crippen molar-refractivity contribution >= 4 is 16.6 Å². The lowest BCUT2D eigenvalue weighted by atomic mass is 11.3. The van der Waals surface area contributed by atoms with Crippen LogP contribution in [-0.2, 0) is 13.3 Å². The Morgan fingerprint density at radius 3 is 1.64 bits per heavy atom. The second-order valence-electron chi connectivity index (χ2n) is 2.24. The van der Waals surface area contributed by atoms with Crippen LogP contribution in [0.1, 0.15) is 0 Å². The molecule has 0 rings (SSSR count). The Kier molecular flexibility index (Phi) is 4.86. The Balaban J connectivity index is 4.38. The van der Waals surface area contributed by atoms with E-state index >= 15 is 0 Å². The third-order valence-corrected chi connectivity index (χ3v) is 11.5. The molecule has 0 aliphatic carbocycles. The molecule has 1 unspecified atom stereocenters. The summed E-state index contributed by atoms with van der Waals surface area (Å²) in [6.45, 7) is 5.83. The van der Waals surface area contributed by atoms with Gasteiger partial charge >= 0.3 is 8.32 Å². The van der Waals surface area contributed by atoms with Crippen molar-refractivity contribution in [3.05, 3.63) is 12.3 Å². The van der Waals surface area contributed by atoms with Crippen molar-refractivity contribution in [2.24, 2.45) is 0 Å². The van der Waals surface area contributed by atoms with E-state index in [1.165, 1.54) is 0 Å². The zero-order chi connectivity index (χ0) is 8.91. The first kappa shape index (κ1) is 11.1. The fourth-order valence-electron chi connectivity index (χ4n) is 0.952. The van der Waals surface area contributed by atoms with E-state index in [-0.39, 0.29) is 0 Å². The number of hydrogen-bond acceptors (Lipinski definition) is 3. The molecule has 0 aromatic rings. The van der Waals surface area contributed by atoms with Gasteiger partial charge in [0.1, 0.15) is 0 Å². The minimum absolute atomic E-state index is 1.20. The van der Waals surface area contributed by atoms with Gasteiger partial charge in [0.05, 0.1) is 0 Å². The molecule has 0 heterocycles. The van der Waals surface area contributed by atoms with Gasteiger partial charge in [-0.1, -0.05) is 6.55 Å². The maximum absolute atomic E-state index is 5.27. The molecule has 11 heavy (non-hydrogen) atoms. The second kappa shape index (κ2) is 4.84. The molecule has 5 heteroatoms. The van der Waals surface area contributed by atoms with Crippen LogP contribution in [0.25, 0.3) is 0 Å². The molecule has 0 bridgehead atoms. The lowest BCUT2D eigenvalue weighted by Gasteiger charge is -2.27. The van der Waals surface area contributed by atoms with E-state index in [1.807, 2.05) is 5.70 Å². The molecule has 0 N–H and O–H groups in total. The predicted molar refractivity (Wildman–Crippen MR) is 50.0 cm³/mol. The summed E-state index contributed by atoms with van der Waals surface area (Å²) in [6.07, 6.45) is 0. The van der Waals surface area contributed by atoms with Gasteiger partial charge in [-0.15, -0.1) is 12.3 Å². The van der Waals surface area contributed by atoms with Gasteiger partial charge in [0.25, 0.3) is 0 Å². The fourth-order valence-corrected chi connectivity index (χ4v) is 7.07. The van der Waals surface area contributed by atoms with Crippen LogP contribution >= 0.6 is 0 Å². The standard InChI is InChI=1S/C6H16O3Si2/c1-6-10(5)11(7-2,8-3)9-4/h6,10H,1H2,2-5H3. The first-order chi connectivity index (χ1) is 5.16. The second-order valence-corrected chi connectivity index (χ2v) is 11.6. The van der Waals surface area contributed by atoms with Crippen molar-refractivity contribution in [3.8, 4) is 0 Å². The quantitative estimate of drug-likeness (QED) is 0.595. The SMILES string of the molecule is C=C[SiH](C)[Si](OC)(OC)OC. The molecular weight excluding hydrogens is 176 g/mol. The Hall–Kier alpha value is 0.0538. The van der Waals surface area contributed by atoms with Gasteiger partial charge in [-0.3, -0.25) is 0 Å². The lowest BCUT2D eigenvalue weighted by molar-refractivity contribution is 0.147. The van der Waals surface area contributed by atoms with Crippen LogP contribution in [0.4, 0.5) is 0 Å². The topological polar surface area (TPSA) is 27.7 Å². The molecule has 0 saturated carbocycles. The van der Waals surface area contributed by atoms with Gasteiger partial charge < -0.3 is 13.3 Å². The normalized spacial score (nSPS) is 14.5. The van der Waals surface area contributed by atoms with Crippen molar-refractivity contribution < 1.29 is 13.3 Å². The van der Waals surface area contributed by atoms with Gasteiger partial charge in [0.2, 0.25) is 0 Å². The monoisotopic (exact) mass is 192 g/mol. The van der Waals surface area contributed by atoms with E-state index in [0.717, 1.165) is 0 Å². The Morgan fingerprint density at radius 2 is 1.55 bits per heavy atom. The lowest BCUT2D eigenvalue weighted by Crippen LogP contribution is -2.55. The van der Waals surface area contributed by atoms with Gasteiger partial charge in [-0.25, -0.2) is 0 Å². The van der Waals surface area contributed by atoms with E-state index in [1.54, 1.807) is 21.3 Å². The molecule has 0 saturated heterocycles. The summed E-state index contributed by atoms with van der Waals surface area (Å²) in [5, 5.41) is 0. The van der Waals surface area contributed by atoms with Crippen LogP contribution in [0, 0.1) is 0 Å². The van der Waals surface area contributed by atoms with E-state index in [9.17, 15) is 0 Å². The molecule has 3 nitrogen and oxygen atoms in total. The summed E-state index contributed by atoms with van der Waals surface area (Å²) in [4.78, 5) is 0. The highest BCUT2D eigenvalue weighted by Crippen LogP contribution is 2.10. The zero-order valence-corrected chi connectivity index (χ0v) is 9.74.